The van der Waals surface area contributed by atoms with Gasteiger partial charge in [0.1, 0.15) is 5.69 Å². The van der Waals surface area contributed by atoms with E-state index in [1.54, 1.807) is 6.20 Å². The molecule has 4 nitrogen and oxygen atoms in total. The van der Waals surface area contributed by atoms with E-state index >= 15 is 0 Å². The third-order valence-corrected chi connectivity index (χ3v) is 3.82. The van der Waals surface area contributed by atoms with Gasteiger partial charge in [-0.2, -0.15) is 0 Å². The number of anilines is 1. The first-order valence-electron chi connectivity index (χ1n) is 7.35. The fourth-order valence-electron chi connectivity index (χ4n) is 2.50. The van der Waals surface area contributed by atoms with Gasteiger partial charge in [0, 0.05) is 19.1 Å². The molecule has 102 valence electrons. The predicted octanol–water partition coefficient (Wildman–Crippen LogP) is 2.67. The molecule has 2 fully saturated rings. The van der Waals surface area contributed by atoms with Crippen molar-refractivity contribution in [2.45, 2.75) is 44.6 Å². The molecule has 0 bridgehead atoms. The number of hydrogen-bond acceptors (Lipinski definition) is 3. The number of nitrogens with zero attached hydrogens (tertiary/aromatic N) is 2. The zero-order valence-corrected chi connectivity index (χ0v) is 11.3. The number of aromatic nitrogens is 1. The van der Waals surface area contributed by atoms with Gasteiger partial charge in [-0.25, -0.2) is 4.98 Å². The number of nitrogens with one attached hydrogen (secondary N) is 1. The van der Waals surface area contributed by atoms with Crippen LogP contribution in [0, 0.1) is 0 Å². The number of pyridine rings is 1. The average molecular weight is 259 g/mol. The lowest BCUT2D eigenvalue weighted by Crippen LogP contribution is -2.32. The Bertz CT molecular complexity index is 431. The monoisotopic (exact) mass is 259 g/mol. The zero-order chi connectivity index (χ0) is 13.1. The Kier molecular flexibility index (Phi) is 3.67. The summed E-state index contributed by atoms with van der Waals surface area (Å²) in [6.07, 6.45) is 8.98. The highest BCUT2D eigenvalue weighted by atomic mass is 16.2. The van der Waals surface area contributed by atoms with E-state index in [0.717, 1.165) is 31.6 Å². The summed E-state index contributed by atoms with van der Waals surface area (Å²) in [5, 5.41) is 3.38. The van der Waals surface area contributed by atoms with Crippen molar-refractivity contribution in [2.75, 3.05) is 18.4 Å². The minimum absolute atomic E-state index is 0.0832. The molecule has 1 aromatic rings. The van der Waals surface area contributed by atoms with Gasteiger partial charge in [-0.3, -0.25) is 4.79 Å². The smallest absolute Gasteiger partial charge is 0.272 e. The molecule has 4 heteroatoms. The predicted molar refractivity (Wildman–Crippen MR) is 75.3 cm³/mol. The highest BCUT2D eigenvalue weighted by Gasteiger charge is 2.21. The van der Waals surface area contributed by atoms with Gasteiger partial charge < -0.3 is 10.2 Å². The third kappa shape index (κ3) is 3.25. The Morgan fingerprint density at radius 2 is 1.89 bits per heavy atom. The van der Waals surface area contributed by atoms with Crippen LogP contribution >= 0.6 is 0 Å². The van der Waals surface area contributed by atoms with Crippen LogP contribution in [0.4, 0.5) is 5.69 Å². The minimum Gasteiger partial charge on any atom is -0.381 e. The second kappa shape index (κ2) is 5.59. The van der Waals surface area contributed by atoms with Crippen molar-refractivity contribution in [3.8, 4) is 0 Å². The van der Waals surface area contributed by atoms with Gasteiger partial charge in [-0.1, -0.05) is 12.8 Å². The van der Waals surface area contributed by atoms with Crippen LogP contribution < -0.4 is 5.32 Å². The molecular weight excluding hydrogens is 238 g/mol. The summed E-state index contributed by atoms with van der Waals surface area (Å²) in [4.78, 5) is 18.6. The van der Waals surface area contributed by atoms with Gasteiger partial charge in [0.2, 0.25) is 0 Å². The number of carbonyl (C=O) groups excluding carboxylic acids is 1. The molecule has 19 heavy (non-hydrogen) atoms. The number of rotatable bonds is 3. The second-order valence-corrected chi connectivity index (χ2v) is 5.56. The molecule has 0 aromatic carbocycles. The van der Waals surface area contributed by atoms with E-state index in [1.165, 1.54) is 25.7 Å². The third-order valence-electron chi connectivity index (χ3n) is 3.82. The molecule has 1 aromatic heterocycles. The minimum atomic E-state index is 0.0832. The Hall–Kier alpha value is -1.58. The Morgan fingerprint density at radius 1 is 1.16 bits per heavy atom. The lowest BCUT2D eigenvalue weighted by Gasteiger charge is -2.19. The van der Waals surface area contributed by atoms with Gasteiger partial charge >= 0.3 is 0 Å². The number of carbonyl (C=O) groups is 1. The Morgan fingerprint density at radius 3 is 2.47 bits per heavy atom. The van der Waals surface area contributed by atoms with Crippen molar-refractivity contribution >= 4 is 11.6 Å². The number of likely N-dealkylation sites (tertiary alicyclic amines) is 1. The molecule has 1 N–H and O–H groups in total. The first-order valence-corrected chi connectivity index (χ1v) is 7.35. The summed E-state index contributed by atoms with van der Waals surface area (Å²) < 4.78 is 0. The molecule has 1 amide bonds. The summed E-state index contributed by atoms with van der Waals surface area (Å²) >= 11 is 0. The van der Waals surface area contributed by atoms with Gasteiger partial charge in [0.15, 0.2) is 0 Å². The standard InChI is InChI=1S/C15H21N3O/c19-15(18-9-3-1-2-4-10-18)14-8-7-13(11-16-14)17-12-5-6-12/h7-8,11-12,17H,1-6,9-10H2. The van der Waals surface area contributed by atoms with Gasteiger partial charge in [-0.05, 0) is 37.8 Å². The van der Waals surface area contributed by atoms with Crippen molar-refractivity contribution in [3.63, 3.8) is 0 Å². The van der Waals surface area contributed by atoms with Crippen LogP contribution in [0.1, 0.15) is 49.0 Å². The largest absolute Gasteiger partial charge is 0.381 e. The number of hydrogen-bond donors (Lipinski definition) is 1. The van der Waals surface area contributed by atoms with E-state index in [-0.39, 0.29) is 5.91 Å². The molecule has 1 aliphatic carbocycles. The van der Waals surface area contributed by atoms with Crippen LogP contribution in [0.3, 0.4) is 0 Å². The topological polar surface area (TPSA) is 45.2 Å². The molecule has 0 atom stereocenters. The van der Waals surface area contributed by atoms with E-state index in [0.29, 0.717) is 11.7 Å². The highest BCUT2D eigenvalue weighted by Crippen LogP contribution is 2.24. The molecule has 2 aliphatic rings. The molecule has 1 aliphatic heterocycles. The van der Waals surface area contributed by atoms with Crippen LogP contribution in [0.25, 0.3) is 0 Å². The second-order valence-electron chi connectivity index (χ2n) is 5.56. The van der Waals surface area contributed by atoms with Crippen LogP contribution in [-0.4, -0.2) is 34.9 Å². The van der Waals surface area contributed by atoms with Crippen molar-refractivity contribution < 1.29 is 4.79 Å². The van der Waals surface area contributed by atoms with E-state index < -0.39 is 0 Å². The van der Waals surface area contributed by atoms with Crippen molar-refractivity contribution in [3.05, 3.63) is 24.0 Å². The maximum absolute atomic E-state index is 12.3. The molecule has 0 unspecified atom stereocenters. The van der Waals surface area contributed by atoms with Crippen molar-refractivity contribution in [2.24, 2.45) is 0 Å². The maximum atomic E-state index is 12.3. The van der Waals surface area contributed by atoms with E-state index in [2.05, 4.69) is 10.3 Å². The Labute approximate surface area is 114 Å². The fraction of sp³-hybridized carbons (Fsp3) is 0.600. The normalized spacial score (nSPS) is 19.9. The summed E-state index contributed by atoms with van der Waals surface area (Å²) in [6.45, 7) is 1.76. The summed E-state index contributed by atoms with van der Waals surface area (Å²) in [6, 6.07) is 4.43. The van der Waals surface area contributed by atoms with E-state index in [1.807, 2.05) is 17.0 Å². The molecule has 0 radical (unpaired) electrons. The molecular formula is C15H21N3O. The van der Waals surface area contributed by atoms with Gasteiger partial charge in [-0.15, -0.1) is 0 Å². The fourth-order valence-corrected chi connectivity index (χ4v) is 2.50. The Balaban J connectivity index is 1.64. The first kappa shape index (κ1) is 12.5. The summed E-state index contributed by atoms with van der Waals surface area (Å²) in [5.74, 6) is 0.0832. The maximum Gasteiger partial charge on any atom is 0.272 e. The number of amides is 1. The van der Waals surface area contributed by atoms with Crippen LogP contribution in [0.2, 0.25) is 0 Å². The first-order chi connectivity index (χ1) is 9.33. The molecule has 2 heterocycles. The summed E-state index contributed by atoms with van der Waals surface area (Å²) in [7, 11) is 0. The van der Waals surface area contributed by atoms with Gasteiger partial charge in [0.25, 0.3) is 5.91 Å². The van der Waals surface area contributed by atoms with Crippen LogP contribution in [0.15, 0.2) is 18.3 Å². The van der Waals surface area contributed by atoms with E-state index in [4.69, 9.17) is 0 Å². The lowest BCUT2D eigenvalue weighted by molar-refractivity contribution is 0.0756. The SMILES string of the molecule is O=C(c1ccc(NC2CC2)cn1)N1CCCCCC1. The van der Waals surface area contributed by atoms with Crippen LogP contribution in [-0.2, 0) is 0 Å². The zero-order valence-electron chi connectivity index (χ0n) is 11.3. The average Bonchev–Trinajstić information content (AvgIpc) is 3.25. The molecule has 1 saturated heterocycles. The molecule has 0 spiro atoms. The summed E-state index contributed by atoms with van der Waals surface area (Å²) in [5.41, 5.74) is 1.60. The van der Waals surface area contributed by atoms with Crippen molar-refractivity contribution in [1.82, 2.24) is 9.88 Å². The highest BCUT2D eigenvalue weighted by molar-refractivity contribution is 5.92. The van der Waals surface area contributed by atoms with E-state index in [9.17, 15) is 4.79 Å². The quantitative estimate of drug-likeness (QED) is 0.907. The van der Waals surface area contributed by atoms with Crippen LogP contribution in [0.5, 0.6) is 0 Å². The lowest BCUT2D eigenvalue weighted by atomic mass is 10.2. The van der Waals surface area contributed by atoms with Gasteiger partial charge in [0.05, 0.1) is 11.9 Å². The van der Waals surface area contributed by atoms with Crippen molar-refractivity contribution in [1.29, 1.82) is 0 Å². The molecule has 1 saturated carbocycles. The molecule has 3 rings (SSSR count).